The van der Waals surface area contributed by atoms with Crippen LogP contribution in [-0.2, 0) is 16.3 Å². The first-order valence-corrected chi connectivity index (χ1v) is 10.9. The van der Waals surface area contributed by atoms with E-state index in [9.17, 15) is 13.2 Å². The largest absolute Gasteiger partial charge is 0.493 e. The minimum atomic E-state index is -3.26. The predicted molar refractivity (Wildman–Crippen MR) is 101 cm³/mol. The summed E-state index contributed by atoms with van der Waals surface area (Å²) in [7, 11) is -1.54. The number of sulfone groups is 1. The van der Waals surface area contributed by atoms with Gasteiger partial charge in [0.2, 0.25) is 0 Å². The van der Waals surface area contributed by atoms with Crippen molar-refractivity contribution in [2.75, 3.05) is 33.0 Å². The molecule has 0 aliphatic heterocycles. The van der Waals surface area contributed by atoms with E-state index < -0.39 is 9.84 Å². The summed E-state index contributed by atoms with van der Waals surface area (Å²) in [6.45, 7) is 1.39. The molecular formula is C17H23N3O4S2. The van der Waals surface area contributed by atoms with Gasteiger partial charge in [0.05, 0.1) is 16.5 Å². The number of nitrogens with two attached hydrogens (primary N) is 1. The Morgan fingerprint density at radius 3 is 2.85 bits per heavy atom. The number of rotatable bonds is 9. The molecule has 0 saturated carbocycles. The number of carbonyl (C=O) groups is 1. The van der Waals surface area contributed by atoms with Gasteiger partial charge in [-0.3, -0.25) is 4.79 Å². The van der Waals surface area contributed by atoms with Crippen LogP contribution in [0.25, 0.3) is 0 Å². The summed E-state index contributed by atoms with van der Waals surface area (Å²) in [6, 6.07) is 6.38. The predicted octanol–water partition coefficient (Wildman–Crippen LogP) is 1.59. The average Bonchev–Trinajstić information content (AvgIpc) is 3.06. The Morgan fingerprint density at radius 1 is 1.38 bits per heavy atom. The molecule has 1 amide bonds. The van der Waals surface area contributed by atoms with Gasteiger partial charge >= 0.3 is 0 Å². The lowest BCUT2D eigenvalue weighted by molar-refractivity contribution is 0.0782. The van der Waals surface area contributed by atoms with Crippen LogP contribution in [0.4, 0.5) is 0 Å². The SMILES string of the molecule is CN(CCCOc1cccc(S(C)(=O)=O)c1)C(=O)c1csc(CCN)n1. The molecule has 2 rings (SSSR count). The molecule has 7 nitrogen and oxygen atoms in total. The molecule has 1 aromatic carbocycles. The van der Waals surface area contributed by atoms with Gasteiger partial charge in [0.1, 0.15) is 11.4 Å². The van der Waals surface area contributed by atoms with Gasteiger partial charge < -0.3 is 15.4 Å². The third kappa shape index (κ3) is 5.79. The Kier molecular flexibility index (Phi) is 7.13. The molecule has 2 N–H and O–H groups in total. The highest BCUT2D eigenvalue weighted by atomic mass is 32.2. The van der Waals surface area contributed by atoms with Crippen LogP contribution in [0.5, 0.6) is 5.75 Å². The summed E-state index contributed by atoms with van der Waals surface area (Å²) in [5, 5.41) is 2.61. The quantitative estimate of drug-likeness (QED) is 0.645. The van der Waals surface area contributed by atoms with E-state index in [1.54, 1.807) is 29.5 Å². The van der Waals surface area contributed by atoms with Crippen LogP contribution in [0.1, 0.15) is 21.9 Å². The van der Waals surface area contributed by atoms with Crippen molar-refractivity contribution in [3.8, 4) is 5.75 Å². The van der Waals surface area contributed by atoms with E-state index in [-0.39, 0.29) is 10.8 Å². The molecule has 0 unspecified atom stereocenters. The first-order valence-electron chi connectivity index (χ1n) is 8.14. The van der Waals surface area contributed by atoms with Crippen LogP contribution in [0.3, 0.4) is 0 Å². The molecule has 0 radical (unpaired) electrons. The Labute approximate surface area is 157 Å². The zero-order valence-electron chi connectivity index (χ0n) is 14.8. The number of amides is 1. The molecule has 0 aliphatic carbocycles. The summed E-state index contributed by atoms with van der Waals surface area (Å²) in [6.07, 6.45) is 2.44. The molecular weight excluding hydrogens is 374 g/mol. The highest BCUT2D eigenvalue weighted by Crippen LogP contribution is 2.17. The van der Waals surface area contributed by atoms with Crippen molar-refractivity contribution in [1.82, 2.24) is 9.88 Å². The van der Waals surface area contributed by atoms with Gasteiger partial charge in [-0.15, -0.1) is 11.3 Å². The van der Waals surface area contributed by atoms with Crippen molar-refractivity contribution in [3.63, 3.8) is 0 Å². The van der Waals surface area contributed by atoms with Crippen LogP contribution in [0.2, 0.25) is 0 Å². The maximum Gasteiger partial charge on any atom is 0.273 e. The summed E-state index contributed by atoms with van der Waals surface area (Å²) < 4.78 is 28.7. The van der Waals surface area contributed by atoms with Crippen molar-refractivity contribution < 1.29 is 17.9 Å². The Morgan fingerprint density at radius 2 is 2.15 bits per heavy atom. The number of hydrogen-bond acceptors (Lipinski definition) is 7. The molecule has 0 bridgehead atoms. The van der Waals surface area contributed by atoms with Gasteiger partial charge in [-0.05, 0) is 31.2 Å². The fourth-order valence-electron chi connectivity index (χ4n) is 2.23. The second kappa shape index (κ2) is 9.11. The number of ether oxygens (including phenoxy) is 1. The lowest BCUT2D eigenvalue weighted by Crippen LogP contribution is -2.29. The molecule has 9 heteroatoms. The van der Waals surface area contributed by atoms with Gasteiger partial charge in [-0.2, -0.15) is 0 Å². The fourth-order valence-corrected chi connectivity index (χ4v) is 3.67. The lowest BCUT2D eigenvalue weighted by Gasteiger charge is -2.16. The second-order valence-corrected chi connectivity index (χ2v) is 8.80. The van der Waals surface area contributed by atoms with E-state index in [4.69, 9.17) is 10.5 Å². The lowest BCUT2D eigenvalue weighted by atomic mass is 10.3. The van der Waals surface area contributed by atoms with E-state index in [1.807, 2.05) is 0 Å². The monoisotopic (exact) mass is 397 g/mol. The Balaban J connectivity index is 1.81. The molecule has 0 aliphatic rings. The molecule has 1 aromatic heterocycles. The van der Waals surface area contributed by atoms with E-state index in [0.29, 0.717) is 44.0 Å². The fraction of sp³-hybridized carbons (Fsp3) is 0.412. The number of nitrogens with zero attached hydrogens (tertiary/aromatic N) is 2. The third-order valence-electron chi connectivity index (χ3n) is 3.62. The zero-order chi connectivity index (χ0) is 19.2. The molecule has 0 fully saturated rings. The smallest absolute Gasteiger partial charge is 0.273 e. The molecule has 26 heavy (non-hydrogen) atoms. The number of thiazole rings is 1. The average molecular weight is 398 g/mol. The molecule has 142 valence electrons. The van der Waals surface area contributed by atoms with Gasteiger partial charge in [-0.1, -0.05) is 6.07 Å². The van der Waals surface area contributed by atoms with Crippen LogP contribution in [-0.4, -0.2) is 57.2 Å². The molecule has 0 saturated heterocycles. The van der Waals surface area contributed by atoms with E-state index in [1.165, 1.54) is 23.5 Å². The van der Waals surface area contributed by atoms with Crippen molar-refractivity contribution in [2.24, 2.45) is 5.73 Å². The van der Waals surface area contributed by atoms with Crippen LogP contribution in [0.15, 0.2) is 34.5 Å². The molecule has 0 atom stereocenters. The first kappa shape index (κ1) is 20.3. The van der Waals surface area contributed by atoms with Crippen molar-refractivity contribution in [3.05, 3.63) is 40.3 Å². The molecule has 0 spiro atoms. The highest BCUT2D eigenvalue weighted by molar-refractivity contribution is 7.90. The van der Waals surface area contributed by atoms with E-state index in [2.05, 4.69) is 4.98 Å². The molecule has 1 heterocycles. The minimum Gasteiger partial charge on any atom is -0.493 e. The van der Waals surface area contributed by atoms with E-state index >= 15 is 0 Å². The van der Waals surface area contributed by atoms with Gasteiger partial charge in [0.15, 0.2) is 9.84 Å². The van der Waals surface area contributed by atoms with Crippen LogP contribution in [0, 0.1) is 0 Å². The summed E-state index contributed by atoms with van der Waals surface area (Å²) in [5.74, 6) is 0.358. The number of carbonyl (C=O) groups excluding carboxylic acids is 1. The maximum absolute atomic E-state index is 12.3. The van der Waals surface area contributed by atoms with Gasteiger partial charge in [0, 0.05) is 31.6 Å². The first-order chi connectivity index (χ1) is 12.3. The van der Waals surface area contributed by atoms with Crippen molar-refractivity contribution in [2.45, 2.75) is 17.7 Å². The van der Waals surface area contributed by atoms with Crippen LogP contribution < -0.4 is 10.5 Å². The highest BCUT2D eigenvalue weighted by Gasteiger charge is 2.15. The second-order valence-electron chi connectivity index (χ2n) is 5.84. The molecule has 2 aromatic rings. The van der Waals surface area contributed by atoms with Crippen molar-refractivity contribution in [1.29, 1.82) is 0 Å². The van der Waals surface area contributed by atoms with E-state index in [0.717, 1.165) is 11.3 Å². The van der Waals surface area contributed by atoms with Crippen LogP contribution >= 0.6 is 11.3 Å². The summed E-state index contributed by atoms with van der Waals surface area (Å²) in [5.41, 5.74) is 5.92. The maximum atomic E-state index is 12.3. The summed E-state index contributed by atoms with van der Waals surface area (Å²) >= 11 is 1.44. The topological polar surface area (TPSA) is 103 Å². The Hall–Kier alpha value is -1.97. The normalized spacial score (nSPS) is 11.3. The van der Waals surface area contributed by atoms with Crippen molar-refractivity contribution >= 4 is 27.1 Å². The third-order valence-corrected chi connectivity index (χ3v) is 5.63. The Bertz CT molecular complexity index is 849. The number of hydrogen-bond donors (Lipinski definition) is 1. The number of aromatic nitrogens is 1. The van der Waals surface area contributed by atoms with Gasteiger partial charge in [-0.25, -0.2) is 13.4 Å². The number of benzene rings is 1. The standard InChI is InChI=1S/C17H23N3O4S2/c1-20(17(21)15-12-25-16(19-15)7-8-18)9-4-10-24-13-5-3-6-14(11-13)26(2,22)23/h3,5-6,11-12H,4,7-10,18H2,1-2H3. The van der Waals surface area contributed by atoms with Gasteiger partial charge in [0.25, 0.3) is 5.91 Å². The summed E-state index contributed by atoms with van der Waals surface area (Å²) in [4.78, 5) is 18.4. The zero-order valence-corrected chi connectivity index (χ0v) is 16.5. The minimum absolute atomic E-state index is 0.136.